The number of rotatable bonds is 6. The maximum Gasteiger partial charge on any atom is 0.164 e. The van der Waals surface area contributed by atoms with Crippen LogP contribution in [0.1, 0.15) is 22.3 Å². The molecule has 0 aromatic heterocycles. The predicted molar refractivity (Wildman–Crippen MR) is 98.3 cm³/mol. The third-order valence-electron chi connectivity index (χ3n) is 3.89. The lowest BCUT2D eigenvalue weighted by atomic mass is 10.0. The smallest absolute Gasteiger partial charge is 0.164 e. The van der Waals surface area contributed by atoms with Crippen LogP contribution in [0.2, 0.25) is 0 Å². The molecule has 0 spiro atoms. The Labute approximate surface area is 147 Å². The normalized spacial score (nSPS) is 10.4. The Bertz CT molecular complexity index is 812. The molecular formula is C20H19ClFNO. The first kappa shape index (κ1) is 18.1. The van der Waals surface area contributed by atoms with Crippen molar-refractivity contribution in [1.82, 2.24) is 5.32 Å². The fourth-order valence-corrected chi connectivity index (χ4v) is 2.65. The van der Waals surface area contributed by atoms with Gasteiger partial charge in [0.15, 0.2) is 5.78 Å². The largest absolute Gasteiger partial charge is 0.312 e. The molecule has 0 bridgehead atoms. The Morgan fingerprint density at radius 2 is 1.62 bits per heavy atom. The zero-order valence-corrected chi connectivity index (χ0v) is 14.0. The Morgan fingerprint density at radius 3 is 2.42 bits per heavy atom. The molecule has 0 radical (unpaired) electrons. The number of hydrogen-bond acceptors (Lipinski definition) is 2. The van der Waals surface area contributed by atoms with Gasteiger partial charge in [0, 0.05) is 25.1 Å². The maximum atomic E-state index is 12.8. The Kier molecular flexibility index (Phi) is 6.47. The van der Waals surface area contributed by atoms with Gasteiger partial charge < -0.3 is 5.32 Å². The molecule has 1 N–H and O–H groups in total. The number of halogens is 2. The van der Waals surface area contributed by atoms with Crippen LogP contribution in [0.4, 0.5) is 4.39 Å². The van der Waals surface area contributed by atoms with Crippen molar-refractivity contribution in [2.24, 2.45) is 0 Å². The van der Waals surface area contributed by atoms with Crippen molar-refractivity contribution in [1.29, 1.82) is 0 Å². The molecule has 0 saturated heterocycles. The number of carbonyl (C=O) groups excluding carboxylic acids is 1. The summed E-state index contributed by atoms with van der Waals surface area (Å²) in [7, 11) is 0. The van der Waals surface area contributed by atoms with Crippen LogP contribution >= 0.6 is 12.4 Å². The van der Waals surface area contributed by atoms with E-state index in [-0.39, 0.29) is 24.0 Å². The molecule has 4 heteroatoms. The van der Waals surface area contributed by atoms with Gasteiger partial charge in [0.1, 0.15) is 5.82 Å². The Morgan fingerprint density at radius 1 is 0.917 bits per heavy atom. The lowest BCUT2D eigenvalue weighted by Gasteiger charge is -2.08. The average Bonchev–Trinajstić information content (AvgIpc) is 2.59. The van der Waals surface area contributed by atoms with Crippen LogP contribution in [-0.4, -0.2) is 12.3 Å². The third-order valence-corrected chi connectivity index (χ3v) is 3.89. The average molecular weight is 344 g/mol. The molecule has 0 fully saturated rings. The fourth-order valence-electron chi connectivity index (χ4n) is 2.65. The fraction of sp³-hybridized carbons (Fsp3) is 0.150. The van der Waals surface area contributed by atoms with E-state index in [9.17, 15) is 9.18 Å². The topological polar surface area (TPSA) is 29.1 Å². The van der Waals surface area contributed by atoms with E-state index in [1.807, 2.05) is 18.2 Å². The van der Waals surface area contributed by atoms with Gasteiger partial charge in [0.05, 0.1) is 0 Å². The van der Waals surface area contributed by atoms with E-state index in [1.165, 1.54) is 40.6 Å². The van der Waals surface area contributed by atoms with Crippen molar-refractivity contribution in [2.75, 3.05) is 6.54 Å². The van der Waals surface area contributed by atoms with Crippen molar-refractivity contribution in [2.45, 2.75) is 13.0 Å². The maximum absolute atomic E-state index is 12.8. The van der Waals surface area contributed by atoms with Gasteiger partial charge >= 0.3 is 0 Å². The van der Waals surface area contributed by atoms with E-state index in [0.29, 0.717) is 18.5 Å². The van der Waals surface area contributed by atoms with Gasteiger partial charge in [-0.2, -0.15) is 0 Å². The highest BCUT2D eigenvalue weighted by atomic mass is 35.5. The zero-order chi connectivity index (χ0) is 16.1. The van der Waals surface area contributed by atoms with E-state index in [2.05, 4.69) is 29.6 Å². The van der Waals surface area contributed by atoms with Crippen LogP contribution in [0.25, 0.3) is 10.8 Å². The SMILES string of the molecule is Cl.O=C(CCNCc1cccc2ccccc12)c1ccc(F)cc1. The first-order valence-electron chi connectivity index (χ1n) is 7.70. The van der Waals surface area contributed by atoms with Crippen LogP contribution in [0.15, 0.2) is 66.7 Å². The highest BCUT2D eigenvalue weighted by molar-refractivity contribution is 5.96. The lowest BCUT2D eigenvalue weighted by molar-refractivity contribution is 0.0982. The standard InChI is InChI=1S/C20H18FNO.ClH/c21-18-10-8-16(9-11-18)20(23)12-13-22-14-17-6-3-5-15-4-1-2-7-19(15)17;/h1-11,22H,12-14H2;1H. The van der Waals surface area contributed by atoms with Crippen molar-refractivity contribution in [3.63, 3.8) is 0 Å². The van der Waals surface area contributed by atoms with Crippen LogP contribution in [0.5, 0.6) is 0 Å². The minimum Gasteiger partial charge on any atom is -0.312 e. The molecule has 0 aliphatic heterocycles. The molecule has 0 unspecified atom stereocenters. The highest BCUT2D eigenvalue weighted by Crippen LogP contribution is 2.18. The second-order valence-corrected chi connectivity index (χ2v) is 5.50. The second-order valence-electron chi connectivity index (χ2n) is 5.50. The number of carbonyl (C=O) groups is 1. The molecule has 0 aliphatic rings. The first-order valence-corrected chi connectivity index (χ1v) is 7.70. The molecule has 124 valence electrons. The van der Waals surface area contributed by atoms with Gasteiger partial charge in [-0.15, -0.1) is 12.4 Å². The Balaban J connectivity index is 0.00000208. The lowest BCUT2D eigenvalue weighted by Crippen LogP contribution is -2.18. The van der Waals surface area contributed by atoms with Crippen LogP contribution in [0.3, 0.4) is 0 Å². The minimum atomic E-state index is -0.323. The summed E-state index contributed by atoms with van der Waals surface area (Å²) in [5, 5.41) is 5.76. The molecule has 0 atom stereocenters. The number of fused-ring (bicyclic) bond motifs is 1. The van der Waals surface area contributed by atoms with Gasteiger partial charge in [-0.1, -0.05) is 42.5 Å². The number of Topliss-reactive ketones (excluding diaryl/α,β-unsaturated/α-hetero) is 1. The minimum absolute atomic E-state index is 0. The molecule has 2 nitrogen and oxygen atoms in total. The summed E-state index contributed by atoms with van der Waals surface area (Å²) in [5.74, 6) is -0.300. The number of nitrogens with one attached hydrogen (secondary N) is 1. The molecule has 0 saturated carbocycles. The second kappa shape index (κ2) is 8.57. The summed E-state index contributed by atoms with van der Waals surface area (Å²) >= 11 is 0. The molecule has 0 aliphatic carbocycles. The first-order chi connectivity index (χ1) is 11.2. The summed E-state index contributed by atoms with van der Waals surface area (Å²) in [5.41, 5.74) is 1.77. The third kappa shape index (κ3) is 4.40. The number of hydrogen-bond donors (Lipinski definition) is 1. The van der Waals surface area contributed by atoms with Gasteiger partial charge in [-0.3, -0.25) is 4.79 Å². The van der Waals surface area contributed by atoms with Crippen LogP contribution in [0, 0.1) is 5.82 Å². The zero-order valence-electron chi connectivity index (χ0n) is 13.2. The van der Waals surface area contributed by atoms with Crippen molar-refractivity contribution < 1.29 is 9.18 Å². The summed E-state index contributed by atoms with van der Waals surface area (Å²) < 4.78 is 12.8. The summed E-state index contributed by atoms with van der Waals surface area (Å²) in [6.45, 7) is 1.32. The summed E-state index contributed by atoms with van der Waals surface area (Å²) in [6.07, 6.45) is 0.399. The van der Waals surface area contributed by atoms with E-state index >= 15 is 0 Å². The van der Waals surface area contributed by atoms with Crippen LogP contribution in [-0.2, 0) is 6.54 Å². The van der Waals surface area contributed by atoms with Crippen molar-refractivity contribution >= 4 is 29.0 Å². The highest BCUT2D eigenvalue weighted by Gasteiger charge is 2.06. The molecule has 24 heavy (non-hydrogen) atoms. The molecule has 0 heterocycles. The van der Waals surface area contributed by atoms with Gasteiger partial charge in [0.2, 0.25) is 0 Å². The van der Waals surface area contributed by atoms with E-state index in [0.717, 1.165) is 6.54 Å². The quantitative estimate of drug-likeness (QED) is 0.516. The molecule has 3 aromatic carbocycles. The molecular weight excluding hydrogens is 325 g/mol. The molecule has 3 rings (SSSR count). The molecule has 0 amide bonds. The van der Waals surface area contributed by atoms with Crippen molar-refractivity contribution in [3.05, 3.63) is 83.7 Å². The number of benzene rings is 3. The van der Waals surface area contributed by atoms with Crippen molar-refractivity contribution in [3.8, 4) is 0 Å². The Hall–Kier alpha value is -2.23. The summed E-state index contributed by atoms with van der Waals surface area (Å²) in [6, 6.07) is 20.2. The van der Waals surface area contributed by atoms with Gasteiger partial charge in [-0.25, -0.2) is 4.39 Å². The number of ketones is 1. The van der Waals surface area contributed by atoms with E-state index in [1.54, 1.807) is 0 Å². The van der Waals surface area contributed by atoms with E-state index in [4.69, 9.17) is 0 Å². The van der Waals surface area contributed by atoms with Gasteiger partial charge in [-0.05, 0) is 40.6 Å². The van der Waals surface area contributed by atoms with E-state index < -0.39 is 0 Å². The van der Waals surface area contributed by atoms with Gasteiger partial charge in [0.25, 0.3) is 0 Å². The molecule has 3 aromatic rings. The summed E-state index contributed by atoms with van der Waals surface area (Å²) in [4.78, 5) is 12.0. The monoisotopic (exact) mass is 343 g/mol. The van der Waals surface area contributed by atoms with Crippen LogP contribution < -0.4 is 5.32 Å². The predicted octanol–water partition coefficient (Wildman–Crippen LogP) is 4.76.